The Bertz CT molecular complexity index is 195. The van der Waals surface area contributed by atoms with Crippen molar-refractivity contribution in [1.29, 1.82) is 0 Å². The minimum Gasteiger partial charge on any atom is -0.478 e. The fourth-order valence-corrected chi connectivity index (χ4v) is 0.574. The number of allylic oxidation sites excluding steroid dienone is 2. The number of carboxylic acids is 1. The second kappa shape index (κ2) is 7.75. The molecule has 0 bridgehead atoms. The highest BCUT2D eigenvalue weighted by Crippen LogP contribution is 1.73. The van der Waals surface area contributed by atoms with Crippen molar-refractivity contribution in [3.63, 3.8) is 0 Å². The van der Waals surface area contributed by atoms with Crippen LogP contribution in [0.2, 0.25) is 0 Å². The molecule has 0 radical (unpaired) electrons. The zero-order valence-corrected chi connectivity index (χ0v) is 6.86. The van der Waals surface area contributed by atoms with E-state index in [1.54, 1.807) is 12.2 Å². The minimum atomic E-state index is -0.918. The van der Waals surface area contributed by atoms with E-state index in [0.717, 1.165) is 12.6 Å². The standard InChI is InChI=1S/C9H13NO2/c1-2-3-4-7-10-8-5-6-9(11)12/h2-6,10H,1,7-8H2,(H,11,12)/b4-3?,6-5+. The van der Waals surface area contributed by atoms with Crippen LogP contribution < -0.4 is 5.32 Å². The lowest BCUT2D eigenvalue weighted by atomic mass is 10.4. The largest absolute Gasteiger partial charge is 0.478 e. The molecule has 3 nitrogen and oxygen atoms in total. The summed E-state index contributed by atoms with van der Waals surface area (Å²) in [7, 11) is 0. The molecule has 0 aliphatic rings. The molecule has 3 heteroatoms. The smallest absolute Gasteiger partial charge is 0.328 e. The fourth-order valence-electron chi connectivity index (χ4n) is 0.574. The van der Waals surface area contributed by atoms with Crippen molar-refractivity contribution in [2.45, 2.75) is 0 Å². The summed E-state index contributed by atoms with van der Waals surface area (Å²) in [6.07, 6.45) is 8.10. The summed E-state index contributed by atoms with van der Waals surface area (Å²) < 4.78 is 0. The maximum absolute atomic E-state index is 9.99. The Morgan fingerprint density at radius 2 is 2.08 bits per heavy atom. The number of carboxylic acid groups (broad SMARTS) is 1. The van der Waals surface area contributed by atoms with Crippen LogP contribution in [0.1, 0.15) is 0 Å². The summed E-state index contributed by atoms with van der Waals surface area (Å²) in [6.45, 7) is 4.79. The Hall–Kier alpha value is -1.35. The van der Waals surface area contributed by atoms with Crippen molar-refractivity contribution < 1.29 is 9.90 Å². The second-order valence-electron chi connectivity index (χ2n) is 2.06. The van der Waals surface area contributed by atoms with Crippen LogP contribution in [0.25, 0.3) is 0 Å². The van der Waals surface area contributed by atoms with Gasteiger partial charge in [-0.1, -0.05) is 30.9 Å². The summed E-state index contributed by atoms with van der Waals surface area (Å²) in [5, 5.41) is 11.2. The molecule has 12 heavy (non-hydrogen) atoms. The number of rotatable bonds is 6. The lowest BCUT2D eigenvalue weighted by Gasteiger charge is -1.92. The van der Waals surface area contributed by atoms with Gasteiger partial charge in [0.1, 0.15) is 0 Å². The van der Waals surface area contributed by atoms with Crippen molar-refractivity contribution in [1.82, 2.24) is 5.32 Å². The van der Waals surface area contributed by atoms with E-state index >= 15 is 0 Å². The molecule has 0 amide bonds. The normalized spacial score (nSPS) is 11.0. The van der Waals surface area contributed by atoms with Crippen LogP contribution >= 0.6 is 0 Å². The van der Waals surface area contributed by atoms with E-state index < -0.39 is 5.97 Å². The molecular formula is C9H13NO2. The first kappa shape index (κ1) is 10.7. The average molecular weight is 167 g/mol. The Morgan fingerprint density at radius 1 is 1.42 bits per heavy atom. The van der Waals surface area contributed by atoms with Crippen LogP contribution in [0, 0.1) is 0 Å². The SMILES string of the molecule is C=CC=CCNC/C=C/C(=O)O. The van der Waals surface area contributed by atoms with Crippen LogP contribution in [0.3, 0.4) is 0 Å². The summed E-state index contributed by atoms with van der Waals surface area (Å²) in [5.41, 5.74) is 0. The highest BCUT2D eigenvalue weighted by Gasteiger charge is 1.82. The molecule has 0 aromatic carbocycles. The number of hydrogen-bond donors (Lipinski definition) is 2. The predicted molar refractivity (Wildman–Crippen MR) is 49.0 cm³/mol. The number of hydrogen-bond acceptors (Lipinski definition) is 2. The summed E-state index contributed by atoms with van der Waals surface area (Å²) in [4.78, 5) is 9.99. The molecule has 0 saturated heterocycles. The monoisotopic (exact) mass is 167 g/mol. The zero-order chi connectivity index (χ0) is 9.23. The van der Waals surface area contributed by atoms with Gasteiger partial charge in [0.2, 0.25) is 0 Å². The number of nitrogens with one attached hydrogen (secondary N) is 1. The van der Waals surface area contributed by atoms with E-state index in [1.165, 1.54) is 0 Å². The molecule has 0 aromatic rings. The topological polar surface area (TPSA) is 49.3 Å². The Labute approximate surface area is 72.1 Å². The molecule has 66 valence electrons. The zero-order valence-electron chi connectivity index (χ0n) is 6.86. The third-order valence-corrected chi connectivity index (χ3v) is 1.06. The van der Waals surface area contributed by atoms with Crippen LogP contribution in [0.4, 0.5) is 0 Å². The predicted octanol–water partition coefficient (Wildman–Crippen LogP) is 0.959. The lowest BCUT2D eigenvalue weighted by Crippen LogP contribution is -2.13. The molecule has 0 fully saturated rings. The van der Waals surface area contributed by atoms with E-state index in [-0.39, 0.29) is 0 Å². The molecule has 0 heterocycles. The first-order chi connectivity index (χ1) is 5.77. The van der Waals surface area contributed by atoms with E-state index in [1.807, 2.05) is 12.2 Å². The Kier molecular flexibility index (Phi) is 6.88. The quantitative estimate of drug-likeness (QED) is 0.352. The molecule has 0 aromatic heterocycles. The van der Waals surface area contributed by atoms with Gasteiger partial charge in [0.15, 0.2) is 0 Å². The van der Waals surface area contributed by atoms with E-state index in [2.05, 4.69) is 11.9 Å². The van der Waals surface area contributed by atoms with Crippen LogP contribution in [-0.2, 0) is 4.79 Å². The minimum absolute atomic E-state index is 0.563. The lowest BCUT2D eigenvalue weighted by molar-refractivity contribution is -0.131. The van der Waals surface area contributed by atoms with Crippen LogP contribution in [0.5, 0.6) is 0 Å². The Morgan fingerprint density at radius 3 is 2.67 bits per heavy atom. The van der Waals surface area contributed by atoms with Gasteiger partial charge in [-0.25, -0.2) is 4.79 Å². The van der Waals surface area contributed by atoms with Crippen molar-refractivity contribution >= 4 is 5.97 Å². The summed E-state index contributed by atoms with van der Waals surface area (Å²) in [6, 6.07) is 0. The highest BCUT2D eigenvalue weighted by atomic mass is 16.4. The van der Waals surface area contributed by atoms with Gasteiger partial charge < -0.3 is 10.4 Å². The summed E-state index contributed by atoms with van der Waals surface area (Å²) >= 11 is 0. The Balaban J connectivity index is 3.26. The maximum atomic E-state index is 9.99. The molecule has 2 N–H and O–H groups in total. The van der Waals surface area contributed by atoms with Crippen molar-refractivity contribution in [2.75, 3.05) is 13.1 Å². The van der Waals surface area contributed by atoms with Gasteiger partial charge in [-0.05, 0) is 0 Å². The van der Waals surface area contributed by atoms with E-state index in [0.29, 0.717) is 6.54 Å². The molecule has 0 aliphatic heterocycles. The van der Waals surface area contributed by atoms with Gasteiger partial charge in [0.25, 0.3) is 0 Å². The highest BCUT2D eigenvalue weighted by molar-refractivity contribution is 5.79. The molecule has 0 atom stereocenters. The van der Waals surface area contributed by atoms with Gasteiger partial charge in [-0.3, -0.25) is 0 Å². The van der Waals surface area contributed by atoms with Gasteiger partial charge in [0.05, 0.1) is 0 Å². The van der Waals surface area contributed by atoms with Crippen molar-refractivity contribution in [3.8, 4) is 0 Å². The van der Waals surface area contributed by atoms with Crippen LogP contribution in [-0.4, -0.2) is 24.2 Å². The van der Waals surface area contributed by atoms with Crippen LogP contribution in [0.15, 0.2) is 37.0 Å². The van der Waals surface area contributed by atoms with E-state index in [4.69, 9.17) is 5.11 Å². The molecule has 0 saturated carbocycles. The fraction of sp³-hybridized carbons (Fsp3) is 0.222. The molecule has 0 aliphatic carbocycles. The second-order valence-corrected chi connectivity index (χ2v) is 2.06. The van der Waals surface area contributed by atoms with Crippen molar-refractivity contribution in [3.05, 3.63) is 37.0 Å². The maximum Gasteiger partial charge on any atom is 0.328 e. The first-order valence-electron chi connectivity index (χ1n) is 3.65. The van der Waals surface area contributed by atoms with Gasteiger partial charge in [-0.2, -0.15) is 0 Å². The molecule has 0 spiro atoms. The summed E-state index contributed by atoms with van der Waals surface area (Å²) in [5.74, 6) is -0.918. The van der Waals surface area contributed by atoms with Gasteiger partial charge in [-0.15, -0.1) is 0 Å². The average Bonchev–Trinajstić information content (AvgIpc) is 2.02. The molecule has 0 rings (SSSR count). The van der Waals surface area contributed by atoms with Gasteiger partial charge in [0, 0.05) is 19.2 Å². The number of aliphatic carboxylic acids is 1. The number of carbonyl (C=O) groups is 1. The van der Waals surface area contributed by atoms with E-state index in [9.17, 15) is 4.79 Å². The molecular weight excluding hydrogens is 154 g/mol. The molecule has 0 unspecified atom stereocenters. The third kappa shape index (κ3) is 8.65. The third-order valence-electron chi connectivity index (χ3n) is 1.06. The van der Waals surface area contributed by atoms with Gasteiger partial charge >= 0.3 is 5.97 Å². The van der Waals surface area contributed by atoms with Crippen molar-refractivity contribution in [2.24, 2.45) is 0 Å². The first-order valence-corrected chi connectivity index (χ1v) is 3.65.